The molecule has 0 radical (unpaired) electrons. The molecule has 2 amide bonds. The molecule has 2 aliphatic heterocycles. The molecule has 2 fully saturated rings. The van der Waals surface area contributed by atoms with E-state index in [1.54, 1.807) is 4.90 Å². The molecular formula is C14H19N3O4S. The fourth-order valence-corrected chi connectivity index (χ4v) is 5.99. The van der Waals surface area contributed by atoms with Gasteiger partial charge in [-0.1, -0.05) is 5.16 Å². The lowest BCUT2D eigenvalue weighted by Gasteiger charge is -2.54. The number of nitrogens with one attached hydrogen (secondary N) is 1. The van der Waals surface area contributed by atoms with Crippen LogP contribution >= 0.6 is 0 Å². The number of aryl methyl sites for hydroxylation is 1. The van der Waals surface area contributed by atoms with Crippen molar-refractivity contribution in [2.24, 2.45) is 5.41 Å². The topological polar surface area (TPSA) is 92.5 Å². The third-order valence-corrected chi connectivity index (χ3v) is 6.93. The van der Waals surface area contributed by atoms with E-state index in [0.29, 0.717) is 19.6 Å². The van der Waals surface area contributed by atoms with Crippen molar-refractivity contribution in [2.45, 2.75) is 32.2 Å². The van der Waals surface area contributed by atoms with Crippen LogP contribution in [0.5, 0.6) is 0 Å². The number of amides is 2. The molecule has 0 aromatic carbocycles. The highest BCUT2D eigenvalue weighted by atomic mass is 32.2. The summed E-state index contributed by atoms with van der Waals surface area (Å²) < 4.78 is 27.8. The second-order valence-electron chi connectivity index (χ2n) is 6.79. The van der Waals surface area contributed by atoms with Crippen molar-refractivity contribution in [1.82, 2.24) is 15.4 Å². The van der Waals surface area contributed by atoms with Gasteiger partial charge in [0.15, 0.2) is 9.84 Å². The summed E-state index contributed by atoms with van der Waals surface area (Å²) in [4.78, 5) is 13.8. The summed E-state index contributed by atoms with van der Waals surface area (Å²) in [5.74, 6) is 1.40. The van der Waals surface area contributed by atoms with Crippen molar-refractivity contribution < 1.29 is 17.7 Å². The van der Waals surface area contributed by atoms with Crippen LogP contribution in [0, 0.1) is 5.41 Å². The van der Waals surface area contributed by atoms with Gasteiger partial charge in [-0.2, -0.15) is 0 Å². The Bertz CT molecular complexity index is 704. The average molecular weight is 325 g/mol. The van der Waals surface area contributed by atoms with Gasteiger partial charge in [0, 0.05) is 30.5 Å². The van der Waals surface area contributed by atoms with Crippen LogP contribution < -0.4 is 5.32 Å². The van der Waals surface area contributed by atoms with E-state index in [2.05, 4.69) is 10.5 Å². The highest BCUT2D eigenvalue weighted by Gasteiger charge is 2.57. The van der Waals surface area contributed by atoms with Crippen LogP contribution in [0.15, 0.2) is 4.52 Å². The van der Waals surface area contributed by atoms with Gasteiger partial charge in [-0.25, -0.2) is 13.2 Å². The molecule has 1 N–H and O–H groups in total. The van der Waals surface area contributed by atoms with Crippen molar-refractivity contribution in [3.8, 4) is 0 Å². The zero-order valence-corrected chi connectivity index (χ0v) is 13.1. The molecule has 4 rings (SSSR count). The molecule has 8 heteroatoms. The third kappa shape index (κ3) is 2.29. The standard InChI is InChI=1S/C14H19N3O4S/c18-13(17-6-14(7-17)8-22(19,20)9-14)15-5-11-10-3-1-2-4-12(10)21-16-11/h1-9H2,(H,15,18). The summed E-state index contributed by atoms with van der Waals surface area (Å²) in [6, 6.07) is -0.150. The number of carbonyl (C=O) groups excluding carboxylic acids is 1. The Morgan fingerprint density at radius 1 is 1.27 bits per heavy atom. The lowest BCUT2D eigenvalue weighted by molar-refractivity contribution is 0.0549. The molecule has 1 spiro atoms. The van der Waals surface area contributed by atoms with Gasteiger partial charge < -0.3 is 14.7 Å². The number of hydrogen-bond acceptors (Lipinski definition) is 5. The minimum atomic E-state index is -2.84. The second-order valence-corrected chi connectivity index (χ2v) is 8.85. The van der Waals surface area contributed by atoms with Crippen molar-refractivity contribution in [2.75, 3.05) is 24.6 Å². The Morgan fingerprint density at radius 3 is 2.73 bits per heavy atom. The van der Waals surface area contributed by atoms with Gasteiger partial charge in [0.1, 0.15) is 11.5 Å². The maximum Gasteiger partial charge on any atom is 0.317 e. The van der Waals surface area contributed by atoms with E-state index in [1.165, 1.54) is 0 Å². The van der Waals surface area contributed by atoms with E-state index in [9.17, 15) is 13.2 Å². The van der Waals surface area contributed by atoms with Crippen LogP contribution in [0.1, 0.15) is 29.9 Å². The number of likely N-dealkylation sites (tertiary alicyclic amines) is 1. The molecule has 0 saturated carbocycles. The summed E-state index contributed by atoms with van der Waals surface area (Å²) in [7, 11) is -2.84. The minimum absolute atomic E-state index is 0.150. The van der Waals surface area contributed by atoms with Crippen LogP contribution in [0.2, 0.25) is 0 Å². The fraction of sp³-hybridized carbons (Fsp3) is 0.714. The smallest absolute Gasteiger partial charge is 0.317 e. The van der Waals surface area contributed by atoms with Crippen molar-refractivity contribution in [3.63, 3.8) is 0 Å². The number of aromatic nitrogens is 1. The first-order chi connectivity index (χ1) is 10.5. The predicted molar refractivity (Wildman–Crippen MR) is 78.0 cm³/mol. The molecule has 22 heavy (non-hydrogen) atoms. The molecule has 3 heterocycles. The maximum absolute atomic E-state index is 12.1. The van der Waals surface area contributed by atoms with Crippen molar-refractivity contribution in [1.29, 1.82) is 0 Å². The Hall–Kier alpha value is -1.57. The fourth-order valence-electron chi connectivity index (χ4n) is 3.84. The number of fused-ring (bicyclic) bond motifs is 1. The van der Waals surface area contributed by atoms with Gasteiger partial charge in [-0.15, -0.1) is 0 Å². The molecule has 2 saturated heterocycles. The van der Waals surface area contributed by atoms with E-state index in [-0.39, 0.29) is 23.0 Å². The molecule has 1 aromatic rings. The van der Waals surface area contributed by atoms with Crippen molar-refractivity contribution in [3.05, 3.63) is 17.0 Å². The zero-order valence-electron chi connectivity index (χ0n) is 12.3. The first kappa shape index (κ1) is 14.0. The summed E-state index contributed by atoms with van der Waals surface area (Å²) in [5, 5.41) is 6.92. The zero-order chi connectivity index (χ0) is 15.4. The molecule has 1 aliphatic carbocycles. The molecule has 3 aliphatic rings. The summed E-state index contributed by atoms with van der Waals surface area (Å²) >= 11 is 0. The van der Waals surface area contributed by atoms with Crippen LogP contribution in [0.25, 0.3) is 0 Å². The van der Waals surface area contributed by atoms with Gasteiger partial charge in [0.25, 0.3) is 0 Å². The molecule has 7 nitrogen and oxygen atoms in total. The average Bonchev–Trinajstić information content (AvgIpc) is 2.82. The molecule has 0 bridgehead atoms. The first-order valence-corrected chi connectivity index (χ1v) is 9.48. The Kier molecular flexibility index (Phi) is 3.01. The summed E-state index contributed by atoms with van der Waals surface area (Å²) in [6.45, 7) is 1.45. The van der Waals surface area contributed by atoms with E-state index in [0.717, 1.165) is 42.7 Å². The van der Waals surface area contributed by atoms with Gasteiger partial charge in [-0.05, 0) is 19.3 Å². The predicted octanol–water partition coefficient (Wildman–Crippen LogP) is 0.493. The van der Waals surface area contributed by atoms with Crippen LogP contribution in [-0.2, 0) is 29.2 Å². The maximum atomic E-state index is 12.1. The minimum Gasteiger partial charge on any atom is -0.361 e. The number of carbonyl (C=O) groups is 1. The van der Waals surface area contributed by atoms with Gasteiger partial charge in [-0.3, -0.25) is 0 Å². The number of urea groups is 1. The Balaban J connectivity index is 1.30. The largest absolute Gasteiger partial charge is 0.361 e. The van der Waals surface area contributed by atoms with E-state index < -0.39 is 9.84 Å². The highest BCUT2D eigenvalue weighted by Crippen LogP contribution is 2.41. The number of rotatable bonds is 2. The highest BCUT2D eigenvalue weighted by molar-refractivity contribution is 7.92. The van der Waals surface area contributed by atoms with Gasteiger partial charge in [0.2, 0.25) is 0 Å². The Morgan fingerprint density at radius 2 is 2.00 bits per heavy atom. The van der Waals surface area contributed by atoms with Crippen molar-refractivity contribution >= 4 is 15.9 Å². The van der Waals surface area contributed by atoms with E-state index in [4.69, 9.17) is 4.52 Å². The lowest BCUT2D eigenvalue weighted by Crippen LogP contribution is -2.70. The number of hydrogen-bond donors (Lipinski definition) is 1. The first-order valence-electron chi connectivity index (χ1n) is 7.66. The molecule has 0 atom stereocenters. The van der Waals surface area contributed by atoms with Gasteiger partial charge in [0.05, 0.1) is 18.1 Å². The lowest BCUT2D eigenvalue weighted by atomic mass is 9.83. The Labute approximate surface area is 128 Å². The molecule has 1 aromatic heterocycles. The number of nitrogens with zero attached hydrogens (tertiary/aromatic N) is 2. The quantitative estimate of drug-likeness (QED) is 0.854. The SMILES string of the molecule is O=C(NCc1noc2c1CCCC2)N1CC2(C1)CS(=O)(=O)C2. The summed E-state index contributed by atoms with van der Waals surface area (Å²) in [5.41, 5.74) is 1.81. The normalized spacial score (nSPS) is 24.3. The van der Waals surface area contributed by atoms with E-state index in [1.807, 2.05) is 0 Å². The van der Waals surface area contributed by atoms with E-state index >= 15 is 0 Å². The van der Waals surface area contributed by atoms with Crippen LogP contribution in [0.3, 0.4) is 0 Å². The second kappa shape index (κ2) is 4.71. The monoisotopic (exact) mass is 325 g/mol. The van der Waals surface area contributed by atoms with Crippen LogP contribution in [-0.4, -0.2) is 49.1 Å². The van der Waals surface area contributed by atoms with Gasteiger partial charge >= 0.3 is 6.03 Å². The molecule has 120 valence electrons. The number of sulfone groups is 1. The summed E-state index contributed by atoms with van der Waals surface area (Å²) in [6.07, 6.45) is 4.17. The molecular weight excluding hydrogens is 306 g/mol. The van der Waals surface area contributed by atoms with Crippen LogP contribution in [0.4, 0.5) is 4.79 Å². The third-order valence-electron chi connectivity index (χ3n) is 4.83. The molecule has 0 unspecified atom stereocenters.